The van der Waals surface area contributed by atoms with Crippen LogP contribution >= 0.6 is 38.5 Å². The van der Waals surface area contributed by atoms with Crippen LogP contribution in [0.25, 0.3) is 5.65 Å². The molecule has 0 unspecified atom stereocenters. The molecule has 0 saturated carbocycles. The number of hydrogen-bond donors (Lipinski definition) is 0. The van der Waals surface area contributed by atoms with Crippen molar-refractivity contribution in [2.75, 3.05) is 0 Å². The maximum Gasteiger partial charge on any atom is 0.184 e. The summed E-state index contributed by atoms with van der Waals surface area (Å²) in [5.41, 5.74) is 0.826. The molecule has 6 heteroatoms. The molecule has 0 fully saturated rings. The van der Waals surface area contributed by atoms with E-state index in [0.717, 1.165) is 14.0 Å². The van der Waals surface area contributed by atoms with Crippen LogP contribution in [0, 0.1) is 3.57 Å². The van der Waals surface area contributed by atoms with Gasteiger partial charge in [0.25, 0.3) is 0 Å². The number of nitrogens with zero attached hydrogens (tertiary/aromatic N) is 4. The van der Waals surface area contributed by atoms with Gasteiger partial charge in [0.15, 0.2) is 10.4 Å². The molecule has 0 aliphatic rings. The lowest BCUT2D eigenvalue weighted by atomic mass is 10.6. The van der Waals surface area contributed by atoms with Gasteiger partial charge in [-0.3, -0.25) is 4.40 Å². The molecule has 0 saturated heterocycles. The average molecular weight is 325 g/mol. The molecule has 2 rings (SSSR count). The summed E-state index contributed by atoms with van der Waals surface area (Å²) in [6.07, 6.45) is 3.36. The Labute approximate surface area is 84.3 Å². The Bertz CT molecular complexity index is 362. The average Bonchev–Trinajstić information content (AvgIpc) is 2.45. The second-order valence-electron chi connectivity index (χ2n) is 1.90. The van der Waals surface area contributed by atoms with Gasteiger partial charge in [-0.25, -0.2) is 4.98 Å². The maximum atomic E-state index is 4.07. The van der Waals surface area contributed by atoms with Gasteiger partial charge in [-0.2, -0.15) is 0 Å². The highest BCUT2D eigenvalue weighted by Gasteiger charge is 2.03. The Balaban J connectivity index is 2.96. The lowest BCUT2D eigenvalue weighted by molar-refractivity contribution is 1.02. The van der Waals surface area contributed by atoms with Gasteiger partial charge in [0.2, 0.25) is 0 Å². The van der Waals surface area contributed by atoms with Crippen LogP contribution in [0.1, 0.15) is 0 Å². The normalized spacial score (nSPS) is 10.7. The van der Waals surface area contributed by atoms with Crippen molar-refractivity contribution in [1.82, 2.24) is 19.6 Å². The second kappa shape index (κ2) is 2.67. The predicted octanol–water partition coefficient (Wildman–Crippen LogP) is 1.49. The van der Waals surface area contributed by atoms with Crippen molar-refractivity contribution < 1.29 is 0 Å². The highest BCUT2D eigenvalue weighted by molar-refractivity contribution is 14.1. The minimum atomic E-state index is 0.720. The van der Waals surface area contributed by atoms with Gasteiger partial charge in [0.1, 0.15) is 6.33 Å². The largest absolute Gasteiger partial charge is 0.259 e. The van der Waals surface area contributed by atoms with E-state index in [1.54, 1.807) is 16.9 Å². The summed E-state index contributed by atoms with van der Waals surface area (Å²) in [6, 6.07) is 0. The molecular formula is C5H2BrIN4. The lowest BCUT2D eigenvalue weighted by Crippen LogP contribution is -1.91. The summed E-state index contributed by atoms with van der Waals surface area (Å²) in [5.74, 6) is 0. The molecule has 0 amide bonds. The van der Waals surface area contributed by atoms with Crippen molar-refractivity contribution >= 4 is 44.2 Å². The molecular weight excluding hydrogens is 323 g/mol. The number of fused-ring (bicyclic) bond motifs is 1. The summed E-state index contributed by atoms with van der Waals surface area (Å²) in [6.45, 7) is 0. The van der Waals surface area contributed by atoms with Gasteiger partial charge >= 0.3 is 0 Å². The fourth-order valence-corrected chi connectivity index (χ4v) is 1.63. The standard InChI is InChI=1S/C5H2BrIN4/c6-5-8-1-3(7)4-10-9-2-11(4)5/h1-2H. The maximum absolute atomic E-state index is 4.07. The summed E-state index contributed by atoms with van der Waals surface area (Å²) in [5, 5.41) is 7.68. The van der Waals surface area contributed by atoms with Gasteiger partial charge in [0, 0.05) is 6.20 Å². The van der Waals surface area contributed by atoms with E-state index < -0.39 is 0 Å². The minimum Gasteiger partial charge on any atom is -0.259 e. The summed E-state index contributed by atoms with van der Waals surface area (Å²) >= 11 is 5.44. The van der Waals surface area contributed by atoms with Crippen molar-refractivity contribution in [3.63, 3.8) is 0 Å². The summed E-state index contributed by atoms with van der Waals surface area (Å²) in [7, 11) is 0. The van der Waals surface area contributed by atoms with Gasteiger partial charge < -0.3 is 0 Å². The first-order valence-electron chi connectivity index (χ1n) is 2.79. The molecule has 0 aliphatic carbocycles. The molecule has 11 heavy (non-hydrogen) atoms. The Morgan fingerprint density at radius 3 is 3.09 bits per heavy atom. The Morgan fingerprint density at radius 2 is 2.36 bits per heavy atom. The van der Waals surface area contributed by atoms with Crippen molar-refractivity contribution in [1.29, 1.82) is 0 Å². The quantitative estimate of drug-likeness (QED) is 0.545. The van der Waals surface area contributed by atoms with Crippen LogP contribution in [0.3, 0.4) is 0 Å². The van der Waals surface area contributed by atoms with Crippen LogP contribution in [-0.4, -0.2) is 19.6 Å². The number of rotatable bonds is 0. The highest BCUT2D eigenvalue weighted by atomic mass is 127. The SMILES string of the molecule is Brc1ncc(I)c2nncn12. The van der Waals surface area contributed by atoms with E-state index in [1.807, 2.05) is 0 Å². The first-order chi connectivity index (χ1) is 5.29. The van der Waals surface area contributed by atoms with E-state index in [0.29, 0.717) is 0 Å². The molecule has 0 N–H and O–H groups in total. The Kier molecular flexibility index (Phi) is 1.80. The van der Waals surface area contributed by atoms with Gasteiger partial charge in [-0.05, 0) is 38.5 Å². The van der Waals surface area contributed by atoms with Crippen LogP contribution in [0.4, 0.5) is 0 Å². The van der Waals surface area contributed by atoms with Gasteiger partial charge in [-0.1, -0.05) is 0 Å². The zero-order valence-corrected chi connectivity index (χ0v) is 8.94. The van der Waals surface area contributed by atoms with E-state index in [4.69, 9.17) is 0 Å². The van der Waals surface area contributed by atoms with Crippen LogP contribution in [-0.2, 0) is 0 Å². The minimum absolute atomic E-state index is 0.720. The van der Waals surface area contributed by atoms with E-state index in [9.17, 15) is 0 Å². The first kappa shape index (κ1) is 7.41. The lowest BCUT2D eigenvalue weighted by Gasteiger charge is -1.95. The van der Waals surface area contributed by atoms with Crippen molar-refractivity contribution in [2.45, 2.75) is 0 Å². The van der Waals surface area contributed by atoms with Crippen molar-refractivity contribution in [2.24, 2.45) is 0 Å². The monoisotopic (exact) mass is 324 g/mol. The summed E-state index contributed by atoms with van der Waals surface area (Å²) in [4.78, 5) is 4.07. The fraction of sp³-hybridized carbons (Fsp3) is 0. The Hall–Kier alpha value is -0.240. The van der Waals surface area contributed by atoms with E-state index in [-0.39, 0.29) is 0 Å². The van der Waals surface area contributed by atoms with E-state index in [1.165, 1.54) is 0 Å². The number of hydrogen-bond acceptors (Lipinski definition) is 3. The Morgan fingerprint density at radius 1 is 1.55 bits per heavy atom. The zero-order chi connectivity index (χ0) is 7.84. The van der Waals surface area contributed by atoms with E-state index in [2.05, 4.69) is 53.7 Å². The van der Waals surface area contributed by atoms with Crippen molar-refractivity contribution in [3.05, 3.63) is 20.8 Å². The first-order valence-corrected chi connectivity index (χ1v) is 4.66. The second-order valence-corrected chi connectivity index (χ2v) is 3.77. The van der Waals surface area contributed by atoms with Gasteiger partial charge in [0.05, 0.1) is 3.57 Å². The molecule has 2 heterocycles. The molecule has 4 nitrogen and oxygen atoms in total. The van der Waals surface area contributed by atoms with Crippen LogP contribution in [0.15, 0.2) is 17.3 Å². The predicted molar refractivity (Wildman–Crippen MR) is 51.2 cm³/mol. The smallest absolute Gasteiger partial charge is 0.184 e. The topological polar surface area (TPSA) is 43.1 Å². The third kappa shape index (κ3) is 1.13. The molecule has 0 aliphatic heterocycles. The number of aromatic nitrogens is 4. The van der Waals surface area contributed by atoms with Crippen molar-refractivity contribution in [3.8, 4) is 0 Å². The molecule has 0 aromatic carbocycles. The number of halogens is 2. The molecule has 0 spiro atoms. The van der Waals surface area contributed by atoms with Crippen LogP contribution in [0.5, 0.6) is 0 Å². The van der Waals surface area contributed by atoms with Crippen LogP contribution < -0.4 is 0 Å². The van der Waals surface area contributed by atoms with E-state index >= 15 is 0 Å². The molecule has 0 radical (unpaired) electrons. The molecule has 0 atom stereocenters. The molecule has 56 valence electrons. The molecule has 2 aromatic heterocycles. The third-order valence-electron chi connectivity index (χ3n) is 1.24. The molecule has 0 bridgehead atoms. The highest BCUT2D eigenvalue weighted by Crippen LogP contribution is 2.13. The van der Waals surface area contributed by atoms with Crippen LogP contribution in [0.2, 0.25) is 0 Å². The molecule has 2 aromatic rings. The zero-order valence-electron chi connectivity index (χ0n) is 5.20. The van der Waals surface area contributed by atoms with Gasteiger partial charge in [-0.15, -0.1) is 10.2 Å². The summed E-state index contributed by atoms with van der Waals surface area (Å²) < 4.78 is 3.49. The fourth-order valence-electron chi connectivity index (χ4n) is 0.763. The third-order valence-corrected chi connectivity index (χ3v) is 2.59.